The largest absolute Gasteiger partial charge is 0.504 e. The van der Waals surface area contributed by atoms with Gasteiger partial charge < -0.3 is 24.6 Å². The van der Waals surface area contributed by atoms with Gasteiger partial charge in [-0.3, -0.25) is 9.59 Å². The lowest BCUT2D eigenvalue weighted by Crippen LogP contribution is -2.46. The molecule has 3 N–H and O–H groups in total. The minimum Gasteiger partial charge on any atom is -0.504 e. The number of rotatable bonds is 6. The third-order valence-corrected chi connectivity index (χ3v) is 3.83. The van der Waals surface area contributed by atoms with Crippen LogP contribution >= 0.6 is 0 Å². The summed E-state index contributed by atoms with van der Waals surface area (Å²) in [5.74, 6) is 0.378. The lowest BCUT2D eigenvalue weighted by molar-refractivity contribution is -0.132. The van der Waals surface area contributed by atoms with Crippen molar-refractivity contribution in [3.8, 4) is 23.0 Å². The highest BCUT2D eigenvalue weighted by atomic mass is 16.6. The molecule has 9 nitrogen and oxygen atoms in total. The van der Waals surface area contributed by atoms with Gasteiger partial charge in [0, 0.05) is 0 Å². The third kappa shape index (κ3) is 4.70. The van der Waals surface area contributed by atoms with Gasteiger partial charge in [-0.15, -0.1) is 0 Å². The van der Waals surface area contributed by atoms with Gasteiger partial charge in [0.2, 0.25) is 6.10 Å². The van der Waals surface area contributed by atoms with E-state index in [-0.39, 0.29) is 18.9 Å². The molecule has 3 rings (SSSR count). The first kappa shape index (κ1) is 19.0. The first-order valence-electron chi connectivity index (χ1n) is 8.42. The number of nitrogens with zero attached hydrogens (tertiary/aromatic N) is 1. The predicted molar refractivity (Wildman–Crippen MR) is 99.8 cm³/mol. The van der Waals surface area contributed by atoms with E-state index >= 15 is 0 Å². The van der Waals surface area contributed by atoms with Gasteiger partial charge in [-0.25, -0.2) is 5.43 Å². The van der Waals surface area contributed by atoms with E-state index in [1.165, 1.54) is 19.4 Å². The quantitative estimate of drug-likeness (QED) is 0.500. The topological polar surface area (TPSA) is 118 Å². The summed E-state index contributed by atoms with van der Waals surface area (Å²) in [5.41, 5.74) is 2.91. The molecule has 2 aromatic rings. The van der Waals surface area contributed by atoms with Crippen molar-refractivity contribution in [3.63, 3.8) is 0 Å². The van der Waals surface area contributed by atoms with Gasteiger partial charge in [0.1, 0.15) is 6.61 Å². The number of carbonyl (C=O) groups is 2. The van der Waals surface area contributed by atoms with E-state index in [1.807, 2.05) is 6.07 Å². The molecule has 0 aromatic heterocycles. The number of amides is 2. The van der Waals surface area contributed by atoms with E-state index < -0.39 is 17.9 Å². The summed E-state index contributed by atoms with van der Waals surface area (Å²) < 4.78 is 16.0. The molecule has 1 aliphatic heterocycles. The first-order chi connectivity index (χ1) is 13.6. The molecule has 0 spiro atoms. The highest BCUT2D eigenvalue weighted by Gasteiger charge is 2.27. The van der Waals surface area contributed by atoms with Crippen molar-refractivity contribution >= 4 is 18.0 Å². The second kappa shape index (κ2) is 8.76. The maximum Gasteiger partial charge on any atom is 0.265 e. The summed E-state index contributed by atoms with van der Waals surface area (Å²) in [6.45, 7) is -0.206. The number of hydrogen-bond donors (Lipinski definition) is 3. The van der Waals surface area contributed by atoms with Gasteiger partial charge in [-0.05, 0) is 35.9 Å². The number of methoxy groups -OCH3 is 1. The summed E-state index contributed by atoms with van der Waals surface area (Å²) in [6.07, 6.45) is 0.548. The van der Waals surface area contributed by atoms with Crippen LogP contribution in [0.2, 0.25) is 0 Å². The van der Waals surface area contributed by atoms with E-state index in [9.17, 15) is 14.7 Å². The lowest BCUT2D eigenvalue weighted by Gasteiger charge is -2.25. The predicted octanol–water partition coefficient (Wildman–Crippen LogP) is 0.807. The number of phenols is 1. The summed E-state index contributed by atoms with van der Waals surface area (Å²) >= 11 is 0. The fraction of sp³-hybridized carbons (Fsp3) is 0.211. The van der Waals surface area contributed by atoms with Crippen LogP contribution in [0.15, 0.2) is 47.6 Å². The van der Waals surface area contributed by atoms with Gasteiger partial charge in [0.25, 0.3) is 11.8 Å². The van der Waals surface area contributed by atoms with E-state index in [4.69, 9.17) is 14.2 Å². The molecule has 2 aromatic carbocycles. The molecule has 1 heterocycles. The van der Waals surface area contributed by atoms with Gasteiger partial charge >= 0.3 is 0 Å². The zero-order valence-corrected chi connectivity index (χ0v) is 15.0. The Labute approximate surface area is 160 Å². The zero-order chi connectivity index (χ0) is 19.9. The molecule has 0 bridgehead atoms. The Bertz CT molecular complexity index is 899. The van der Waals surface area contributed by atoms with Crippen molar-refractivity contribution in [3.05, 3.63) is 48.0 Å². The van der Waals surface area contributed by atoms with E-state index in [0.29, 0.717) is 22.8 Å². The number of hydrazone groups is 1. The molecule has 1 unspecified atom stereocenters. The Morgan fingerprint density at radius 2 is 2.07 bits per heavy atom. The molecule has 9 heteroatoms. The highest BCUT2D eigenvalue weighted by molar-refractivity contribution is 5.88. The molecule has 0 saturated carbocycles. The number of ether oxygens (including phenoxy) is 3. The summed E-state index contributed by atoms with van der Waals surface area (Å²) in [6, 6.07) is 11.7. The smallest absolute Gasteiger partial charge is 0.265 e. The summed E-state index contributed by atoms with van der Waals surface area (Å²) in [5, 5.41) is 15.8. The van der Waals surface area contributed by atoms with Gasteiger partial charge in [0.15, 0.2) is 23.0 Å². The van der Waals surface area contributed by atoms with Crippen LogP contribution in [0.25, 0.3) is 0 Å². The Balaban J connectivity index is 1.45. The number of phenolic OH excluding ortho intramolecular Hbond substituents is 1. The van der Waals surface area contributed by atoms with Crippen LogP contribution in [0.5, 0.6) is 23.0 Å². The normalized spacial score (nSPS) is 15.1. The van der Waals surface area contributed by atoms with Crippen LogP contribution in [0, 0.1) is 0 Å². The van der Waals surface area contributed by atoms with E-state index in [2.05, 4.69) is 15.8 Å². The molecule has 0 aliphatic carbocycles. The number of nitrogens with one attached hydrogen (secondary N) is 2. The average Bonchev–Trinajstić information content (AvgIpc) is 2.72. The molecule has 28 heavy (non-hydrogen) atoms. The van der Waals surface area contributed by atoms with Crippen molar-refractivity contribution in [2.75, 3.05) is 20.3 Å². The lowest BCUT2D eigenvalue weighted by atomic mass is 10.2. The third-order valence-electron chi connectivity index (χ3n) is 3.83. The molecule has 2 amide bonds. The Morgan fingerprint density at radius 3 is 2.86 bits per heavy atom. The fourth-order valence-corrected chi connectivity index (χ4v) is 2.42. The van der Waals surface area contributed by atoms with Gasteiger partial charge in [-0.2, -0.15) is 5.10 Å². The Morgan fingerprint density at radius 1 is 1.29 bits per heavy atom. The number of carbonyl (C=O) groups excluding carboxylic acids is 2. The van der Waals surface area contributed by atoms with Gasteiger partial charge in [0.05, 0.1) is 19.9 Å². The van der Waals surface area contributed by atoms with Gasteiger partial charge in [-0.1, -0.05) is 12.1 Å². The number of hydrogen-bond acceptors (Lipinski definition) is 7. The molecule has 1 aliphatic rings. The highest BCUT2D eigenvalue weighted by Crippen LogP contribution is 2.30. The van der Waals surface area contributed by atoms with E-state index in [0.717, 1.165) is 0 Å². The minimum atomic E-state index is -0.837. The molecule has 0 saturated heterocycles. The maximum absolute atomic E-state index is 12.1. The SMILES string of the molecule is COc1cc(/C=N/NC(=O)CNC(=O)C2COc3ccccc3O2)ccc1O. The first-order valence-corrected chi connectivity index (χ1v) is 8.42. The van der Waals surface area contributed by atoms with Crippen LogP contribution < -0.4 is 25.0 Å². The van der Waals surface area contributed by atoms with Crippen molar-refractivity contribution < 1.29 is 28.9 Å². The van der Waals surface area contributed by atoms with Crippen molar-refractivity contribution in [2.45, 2.75) is 6.10 Å². The van der Waals surface area contributed by atoms with Crippen LogP contribution in [0.4, 0.5) is 0 Å². The number of aromatic hydroxyl groups is 1. The van der Waals surface area contributed by atoms with Crippen LogP contribution in [-0.4, -0.2) is 49.5 Å². The number of benzene rings is 2. The fourth-order valence-electron chi connectivity index (χ4n) is 2.42. The number of fused-ring (bicyclic) bond motifs is 1. The zero-order valence-electron chi connectivity index (χ0n) is 15.0. The number of para-hydroxylation sites is 2. The standard InChI is InChI=1S/C19H19N3O6/c1-26-16-8-12(6-7-13(16)23)9-21-22-18(24)10-20-19(25)17-11-27-14-4-2-3-5-15(14)28-17/h2-9,17,23H,10-11H2,1H3,(H,20,25)(H,22,24)/b21-9+. The molecule has 0 fully saturated rings. The van der Waals surface area contributed by atoms with Crippen LogP contribution in [-0.2, 0) is 9.59 Å². The van der Waals surface area contributed by atoms with Crippen molar-refractivity contribution in [1.82, 2.24) is 10.7 Å². The molecule has 0 radical (unpaired) electrons. The minimum absolute atomic E-state index is 0.00272. The molecule has 146 valence electrons. The monoisotopic (exact) mass is 385 g/mol. The van der Waals surface area contributed by atoms with Crippen LogP contribution in [0.1, 0.15) is 5.56 Å². The molecular weight excluding hydrogens is 366 g/mol. The van der Waals surface area contributed by atoms with E-state index in [1.54, 1.807) is 30.3 Å². The molecular formula is C19H19N3O6. The van der Waals surface area contributed by atoms with Crippen molar-refractivity contribution in [2.24, 2.45) is 5.10 Å². The Kier molecular flexibility index (Phi) is 5.95. The Hall–Kier alpha value is -3.75. The van der Waals surface area contributed by atoms with Crippen molar-refractivity contribution in [1.29, 1.82) is 0 Å². The summed E-state index contributed by atoms with van der Waals surface area (Å²) in [4.78, 5) is 24.0. The average molecular weight is 385 g/mol. The maximum atomic E-state index is 12.1. The second-order valence-electron chi connectivity index (χ2n) is 5.81. The second-order valence-corrected chi connectivity index (χ2v) is 5.81. The van der Waals surface area contributed by atoms with Crippen LogP contribution in [0.3, 0.4) is 0 Å². The molecule has 1 atom stereocenters. The summed E-state index contributed by atoms with van der Waals surface area (Å²) in [7, 11) is 1.43.